The molecule has 0 spiro atoms. The minimum atomic E-state index is 0.166. The van der Waals surface area contributed by atoms with Crippen LogP contribution in [0, 0.1) is 0 Å². The van der Waals surface area contributed by atoms with Crippen molar-refractivity contribution in [1.29, 1.82) is 0 Å². The summed E-state index contributed by atoms with van der Waals surface area (Å²) in [5.74, 6) is 0. The topological polar surface area (TPSA) is 28.2 Å². The highest BCUT2D eigenvalue weighted by Crippen LogP contribution is 2.27. The molecular weight excluding hydrogens is 270 g/mol. The molecule has 3 nitrogen and oxygen atoms in total. The second-order valence-corrected chi connectivity index (χ2v) is 6.42. The van der Waals surface area contributed by atoms with Crippen molar-refractivity contribution in [3.63, 3.8) is 0 Å². The Bertz CT molecular complexity index is 624. The predicted octanol–water partition coefficient (Wildman–Crippen LogP) is 3.07. The van der Waals surface area contributed by atoms with Crippen LogP contribution in [-0.2, 0) is 6.54 Å². The van der Waals surface area contributed by atoms with E-state index >= 15 is 0 Å². The van der Waals surface area contributed by atoms with Crippen LogP contribution in [0.3, 0.4) is 0 Å². The molecule has 0 saturated carbocycles. The first-order valence-corrected chi connectivity index (χ1v) is 7.44. The summed E-state index contributed by atoms with van der Waals surface area (Å²) in [6, 6.07) is 8.07. The first kappa shape index (κ1) is 13.8. The van der Waals surface area contributed by atoms with Crippen LogP contribution in [0.5, 0.6) is 0 Å². The maximum atomic E-state index is 6.26. The Balaban J connectivity index is 1.97. The van der Waals surface area contributed by atoms with Crippen molar-refractivity contribution in [3.8, 4) is 0 Å². The monoisotopic (exact) mass is 289 g/mol. The Labute approximate surface area is 124 Å². The Hall–Kier alpha value is -1.16. The molecule has 1 aliphatic rings. The molecule has 0 atom stereocenters. The highest BCUT2D eigenvalue weighted by atomic mass is 35.5. The zero-order valence-electron chi connectivity index (χ0n) is 12.0. The van der Waals surface area contributed by atoms with Gasteiger partial charge in [0.15, 0.2) is 0 Å². The number of benzene rings is 1. The molecule has 2 aromatic rings. The lowest BCUT2D eigenvalue weighted by Gasteiger charge is -2.43. The third-order valence-corrected chi connectivity index (χ3v) is 4.46. The fraction of sp³-hybridized carbons (Fsp3) is 0.438. The van der Waals surface area contributed by atoms with Gasteiger partial charge in [-0.25, -0.2) is 0 Å². The van der Waals surface area contributed by atoms with E-state index in [-0.39, 0.29) is 5.54 Å². The van der Waals surface area contributed by atoms with Crippen LogP contribution in [-0.4, -0.2) is 35.1 Å². The number of piperazine rings is 1. The normalized spacial score (nSPS) is 19.4. The number of hydrogen-bond donors (Lipinski definition) is 1. The first-order chi connectivity index (χ1) is 9.58. The van der Waals surface area contributed by atoms with Crippen molar-refractivity contribution in [2.45, 2.75) is 25.9 Å². The summed E-state index contributed by atoms with van der Waals surface area (Å²) in [7, 11) is 0. The van der Waals surface area contributed by atoms with Gasteiger partial charge in [-0.2, -0.15) is 0 Å². The minimum Gasteiger partial charge on any atom is -0.314 e. The molecule has 1 saturated heterocycles. The third kappa shape index (κ3) is 2.53. The number of nitrogens with zero attached hydrogens (tertiary/aromatic N) is 2. The lowest BCUT2D eigenvalue weighted by Crippen LogP contribution is -2.57. The van der Waals surface area contributed by atoms with Gasteiger partial charge in [0.1, 0.15) is 0 Å². The Kier molecular flexibility index (Phi) is 3.67. The van der Waals surface area contributed by atoms with Crippen LogP contribution in [0.4, 0.5) is 0 Å². The molecule has 1 N–H and O–H groups in total. The fourth-order valence-corrected chi connectivity index (χ4v) is 3.06. The predicted molar refractivity (Wildman–Crippen MR) is 84.1 cm³/mol. The number of fused-ring (bicyclic) bond motifs is 1. The summed E-state index contributed by atoms with van der Waals surface area (Å²) < 4.78 is 0. The molecule has 4 heteroatoms. The Morgan fingerprint density at radius 1 is 1.35 bits per heavy atom. The number of hydrogen-bond acceptors (Lipinski definition) is 3. The third-order valence-electron chi connectivity index (χ3n) is 4.13. The molecule has 1 aliphatic heterocycles. The lowest BCUT2D eigenvalue weighted by atomic mass is 9.98. The molecule has 1 aromatic carbocycles. The Morgan fingerprint density at radius 3 is 3.00 bits per heavy atom. The maximum Gasteiger partial charge on any atom is 0.0761 e. The second kappa shape index (κ2) is 5.32. The zero-order chi connectivity index (χ0) is 14.2. The van der Waals surface area contributed by atoms with E-state index in [9.17, 15) is 0 Å². The van der Waals surface area contributed by atoms with E-state index in [0.717, 1.165) is 42.1 Å². The number of nitrogens with one attached hydrogen (secondary N) is 1. The molecule has 2 heterocycles. The van der Waals surface area contributed by atoms with Gasteiger partial charge >= 0.3 is 0 Å². The number of pyridine rings is 1. The summed E-state index contributed by atoms with van der Waals surface area (Å²) in [6.07, 6.45) is 1.84. The van der Waals surface area contributed by atoms with E-state index in [4.69, 9.17) is 11.6 Å². The summed E-state index contributed by atoms with van der Waals surface area (Å²) in [4.78, 5) is 7.04. The average Bonchev–Trinajstić information content (AvgIpc) is 2.44. The smallest absolute Gasteiger partial charge is 0.0761 e. The van der Waals surface area contributed by atoms with E-state index in [1.165, 1.54) is 5.56 Å². The van der Waals surface area contributed by atoms with Crippen molar-refractivity contribution in [1.82, 2.24) is 15.2 Å². The second-order valence-electron chi connectivity index (χ2n) is 6.02. The molecule has 1 fully saturated rings. The van der Waals surface area contributed by atoms with Crippen molar-refractivity contribution in [3.05, 3.63) is 41.0 Å². The van der Waals surface area contributed by atoms with Gasteiger partial charge in [0, 0.05) is 48.3 Å². The van der Waals surface area contributed by atoms with Crippen LogP contribution in [0.15, 0.2) is 30.5 Å². The molecule has 0 unspecified atom stereocenters. The van der Waals surface area contributed by atoms with Gasteiger partial charge < -0.3 is 5.32 Å². The summed E-state index contributed by atoms with van der Waals surface area (Å²) in [6.45, 7) is 8.60. The van der Waals surface area contributed by atoms with E-state index in [1.807, 2.05) is 24.4 Å². The largest absolute Gasteiger partial charge is 0.314 e. The number of aromatic nitrogens is 1. The lowest BCUT2D eigenvalue weighted by molar-refractivity contribution is 0.0831. The van der Waals surface area contributed by atoms with Crippen LogP contribution in [0.2, 0.25) is 5.02 Å². The number of rotatable bonds is 2. The van der Waals surface area contributed by atoms with Gasteiger partial charge in [-0.1, -0.05) is 17.7 Å². The van der Waals surface area contributed by atoms with Crippen molar-refractivity contribution in [2.75, 3.05) is 19.6 Å². The summed E-state index contributed by atoms with van der Waals surface area (Å²) in [5, 5.41) is 5.27. The Morgan fingerprint density at radius 2 is 2.20 bits per heavy atom. The van der Waals surface area contributed by atoms with E-state index in [0.29, 0.717) is 0 Å². The summed E-state index contributed by atoms with van der Waals surface area (Å²) >= 11 is 6.26. The molecule has 106 valence electrons. The van der Waals surface area contributed by atoms with Gasteiger partial charge in [-0.15, -0.1) is 0 Å². The first-order valence-electron chi connectivity index (χ1n) is 7.06. The highest BCUT2D eigenvalue weighted by molar-refractivity contribution is 6.35. The molecule has 1 aromatic heterocycles. The van der Waals surface area contributed by atoms with E-state index in [2.05, 4.69) is 35.1 Å². The zero-order valence-corrected chi connectivity index (χ0v) is 12.7. The van der Waals surface area contributed by atoms with Crippen molar-refractivity contribution < 1.29 is 0 Å². The molecular formula is C16H20ClN3. The van der Waals surface area contributed by atoms with Gasteiger partial charge in [-0.3, -0.25) is 9.88 Å². The van der Waals surface area contributed by atoms with Gasteiger partial charge in [0.2, 0.25) is 0 Å². The standard InChI is InChI=1S/C16H20ClN3/c1-16(2)11-18-8-9-20(16)10-12-5-6-14(17)13-4-3-7-19-15(12)13/h3-7,18H,8-11H2,1-2H3. The number of halogens is 1. The highest BCUT2D eigenvalue weighted by Gasteiger charge is 2.29. The summed E-state index contributed by atoms with van der Waals surface area (Å²) in [5.41, 5.74) is 2.44. The van der Waals surface area contributed by atoms with Crippen LogP contribution < -0.4 is 5.32 Å². The molecule has 20 heavy (non-hydrogen) atoms. The maximum absolute atomic E-state index is 6.26. The van der Waals surface area contributed by atoms with Crippen LogP contribution in [0.1, 0.15) is 19.4 Å². The SMILES string of the molecule is CC1(C)CNCCN1Cc1ccc(Cl)c2cccnc12. The molecule has 0 aliphatic carbocycles. The van der Waals surface area contributed by atoms with Gasteiger partial charge in [0.05, 0.1) is 5.52 Å². The molecule has 3 rings (SSSR count). The van der Waals surface area contributed by atoms with Crippen molar-refractivity contribution in [2.24, 2.45) is 0 Å². The average molecular weight is 290 g/mol. The quantitative estimate of drug-likeness (QED) is 0.921. The van der Waals surface area contributed by atoms with E-state index in [1.54, 1.807) is 0 Å². The molecule has 0 radical (unpaired) electrons. The minimum absolute atomic E-state index is 0.166. The fourth-order valence-electron chi connectivity index (χ4n) is 2.85. The van der Waals surface area contributed by atoms with Crippen molar-refractivity contribution >= 4 is 22.5 Å². The van der Waals surface area contributed by atoms with Gasteiger partial charge in [0.25, 0.3) is 0 Å². The molecule has 0 amide bonds. The van der Waals surface area contributed by atoms with Gasteiger partial charge in [-0.05, 0) is 37.6 Å². The van der Waals surface area contributed by atoms with Crippen LogP contribution >= 0.6 is 11.6 Å². The van der Waals surface area contributed by atoms with E-state index < -0.39 is 0 Å². The molecule has 0 bridgehead atoms. The van der Waals surface area contributed by atoms with Crippen LogP contribution in [0.25, 0.3) is 10.9 Å².